The van der Waals surface area contributed by atoms with Crippen LogP contribution in [0.2, 0.25) is 0 Å². The number of amides is 2. The van der Waals surface area contributed by atoms with E-state index < -0.39 is 5.91 Å². The van der Waals surface area contributed by atoms with E-state index >= 15 is 0 Å². The monoisotopic (exact) mass is 318 g/mol. The van der Waals surface area contributed by atoms with Gasteiger partial charge >= 0.3 is 0 Å². The molecule has 6 nitrogen and oxygen atoms in total. The fraction of sp³-hybridized carbons (Fsp3) is 0.125. The Balaban J connectivity index is 1.80. The summed E-state index contributed by atoms with van der Waals surface area (Å²) >= 11 is 0. The second kappa shape index (κ2) is 7.79. The maximum atomic E-state index is 12.7. The first-order chi connectivity index (χ1) is 11.0. The lowest BCUT2D eigenvalue weighted by Crippen LogP contribution is -2.20. The Labute approximate surface area is 132 Å². The molecule has 2 amide bonds. The minimum Gasteiger partial charge on any atom is -0.484 e. The van der Waals surface area contributed by atoms with Gasteiger partial charge in [0.15, 0.2) is 13.2 Å². The van der Waals surface area contributed by atoms with E-state index in [9.17, 15) is 14.0 Å². The molecule has 0 spiro atoms. The summed E-state index contributed by atoms with van der Waals surface area (Å²) in [7, 11) is 0. The number of carbonyl (C=O) groups excluding carboxylic acids is 2. The molecular weight excluding hydrogens is 303 g/mol. The van der Waals surface area contributed by atoms with Gasteiger partial charge in [-0.05, 0) is 48.5 Å². The molecule has 7 heteroatoms. The summed E-state index contributed by atoms with van der Waals surface area (Å²) in [5.41, 5.74) is 5.52. The summed E-state index contributed by atoms with van der Waals surface area (Å²) in [5.74, 6) is -0.443. The molecule has 0 saturated carbocycles. The van der Waals surface area contributed by atoms with Gasteiger partial charge in [-0.1, -0.05) is 0 Å². The van der Waals surface area contributed by atoms with Crippen molar-refractivity contribution in [3.63, 3.8) is 0 Å². The molecule has 3 N–H and O–H groups in total. The van der Waals surface area contributed by atoms with Crippen molar-refractivity contribution in [2.24, 2.45) is 5.73 Å². The molecule has 2 rings (SSSR count). The number of carbonyl (C=O) groups is 2. The van der Waals surface area contributed by atoms with Crippen LogP contribution in [-0.4, -0.2) is 25.0 Å². The van der Waals surface area contributed by atoms with Gasteiger partial charge < -0.3 is 20.5 Å². The number of nitrogens with one attached hydrogen (secondary N) is 1. The highest BCUT2D eigenvalue weighted by molar-refractivity contribution is 5.91. The summed E-state index contributed by atoms with van der Waals surface area (Å²) in [6, 6.07) is 11.8. The first kappa shape index (κ1) is 16.3. The van der Waals surface area contributed by atoms with Gasteiger partial charge in [0.05, 0.1) is 0 Å². The average Bonchev–Trinajstić information content (AvgIpc) is 2.53. The molecule has 0 radical (unpaired) electrons. The Hall–Kier alpha value is -3.09. The highest BCUT2D eigenvalue weighted by Gasteiger charge is 2.05. The SMILES string of the molecule is NC(=O)COc1ccc(NC(=O)COc2ccc(F)cc2)cc1. The van der Waals surface area contributed by atoms with E-state index in [0.717, 1.165) is 0 Å². The van der Waals surface area contributed by atoms with Crippen molar-refractivity contribution < 1.29 is 23.5 Å². The van der Waals surface area contributed by atoms with E-state index in [-0.39, 0.29) is 24.9 Å². The van der Waals surface area contributed by atoms with Crippen LogP contribution in [0.4, 0.5) is 10.1 Å². The minimum absolute atomic E-state index is 0.203. The van der Waals surface area contributed by atoms with Crippen LogP contribution < -0.4 is 20.5 Å². The smallest absolute Gasteiger partial charge is 0.262 e. The first-order valence-corrected chi connectivity index (χ1v) is 6.72. The van der Waals surface area contributed by atoms with Crippen molar-refractivity contribution in [2.75, 3.05) is 18.5 Å². The van der Waals surface area contributed by atoms with Crippen molar-refractivity contribution in [2.45, 2.75) is 0 Å². The van der Waals surface area contributed by atoms with E-state index in [2.05, 4.69) is 5.32 Å². The molecule has 0 heterocycles. The van der Waals surface area contributed by atoms with E-state index in [1.54, 1.807) is 24.3 Å². The van der Waals surface area contributed by atoms with Crippen molar-refractivity contribution in [1.29, 1.82) is 0 Å². The zero-order chi connectivity index (χ0) is 16.7. The summed E-state index contributed by atoms with van der Waals surface area (Å²) in [4.78, 5) is 22.3. The van der Waals surface area contributed by atoms with Crippen LogP contribution in [-0.2, 0) is 9.59 Å². The lowest BCUT2D eigenvalue weighted by atomic mass is 10.3. The standard InChI is InChI=1S/C16H15FN2O4/c17-11-1-5-13(6-2-11)23-10-16(21)19-12-3-7-14(8-4-12)22-9-15(18)20/h1-8H,9-10H2,(H2,18,20)(H,19,21). The quantitative estimate of drug-likeness (QED) is 0.813. The fourth-order valence-corrected chi connectivity index (χ4v) is 1.67. The topological polar surface area (TPSA) is 90.7 Å². The summed E-state index contributed by atoms with van der Waals surface area (Å²) in [6.45, 7) is -0.414. The maximum Gasteiger partial charge on any atom is 0.262 e. The van der Waals surface area contributed by atoms with Crippen LogP contribution in [0.3, 0.4) is 0 Å². The molecule has 0 bridgehead atoms. The van der Waals surface area contributed by atoms with Gasteiger partial charge in [0.2, 0.25) is 0 Å². The molecular formula is C16H15FN2O4. The summed E-state index contributed by atoms with van der Waals surface area (Å²) < 4.78 is 23.1. The van der Waals surface area contributed by atoms with Crippen molar-refractivity contribution in [1.82, 2.24) is 0 Å². The predicted molar refractivity (Wildman–Crippen MR) is 81.7 cm³/mol. The third-order valence-electron chi connectivity index (χ3n) is 2.70. The fourth-order valence-electron chi connectivity index (χ4n) is 1.67. The Kier molecular flexibility index (Phi) is 5.51. The molecule has 0 unspecified atom stereocenters. The van der Waals surface area contributed by atoms with Crippen LogP contribution in [0.15, 0.2) is 48.5 Å². The molecule has 23 heavy (non-hydrogen) atoms. The maximum absolute atomic E-state index is 12.7. The number of ether oxygens (including phenoxy) is 2. The van der Waals surface area contributed by atoms with Crippen LogP contribution in [0.1, 0.15) is 0 Å². The molecule has 0 aliphatic heterocycles. The number of hydrogen-bond donors (Lipinski definition) is 2. The third kappa shape index (κ3) is 5.66. The van der Waals surface area contributed by atoms with Crippen molar-refractivity contribution >= 4 is 17.5 Å². The Bertz CT molecular complexity index is 671. The molecule has 2 aromatic carbocycles. The van der Waals surface area contributed by atoms with E-state index in [1.165, 1.54) is 24.3 Å². The summed E-state index contributed by atoms with van der Waals surface area (Å²) in [6.07, 6.45) is 0. The average molecular weight is 318 g/mol. The molecule has 0 fully saturated rings. The number of halogens is 1. The lowest BCUT2D eigenvalue weighted by molar-refractivity contribution is -0.120. The van der Waals surface area contributed by atoms with Crippen LogP contribution in [0, 0.1) is 5.82 Å². The lowest BCUT2D eigenvalue weighted by Gasteiger charge is -2.08. The van der Waals surface area contributed by atoms with Crippen LogP contribution in [0.5, 0.6) is 11.5 Å². The van der Waals surface area contributed by atoms with E-state index in [4.69, 9.17) is 15.2 Å². The highest BCUT2D eigenvalue weighted by Crippen LogP contribution is 2.16. The number of primary amides is 1. The van der Waals surface area contributed by atoms with Gasteiger partial charge in [0.1, 0.15) is 17.3 Å². The molecule has 0 aliphatic rings. The number of rotatable bonds is 7. The molecule has 0 aromatic heterocycles. The third-order valence-corrected chi connectivity index (χ3v) is 2.70. The van der Waals surface area contributed by atoms with E-state index in [0.29, 0.717) is 17.2 Å². The number of benzene rings is 2. The molecule has 0 saturated heterocycles. The Morgan fingerprint density at radius 3 is 2.00 bits per heavy atom. The second-order valence-corrected chi connectivity index (χ2v) is 4.57. The predicted octanol–water partition coefficient (Wildman–Crippen LogP) is 1.71. The van der Waals surface area contributed by atoms with E-state index in [1.807, 2.05) is 0 Å². The summed E-state index contributed by atoms with van der Waals surface area (Å²) in [5, 5.41) is 2.63. The largest absolute Gasteiger partial charge is 0.484 e. The second-order valence-electron chi connectivity index (χ2n) is 4.57. The van der Waals surface area contributed by atoms with Crippen molar-refractivity contribution in [3.05, 3.63) is 54.3 Å². The molecule has 0 aliphatic carbocycles. The van der Waals surface area contributed by atoms with Crippen LogP contribution >= 0.6 is 0 Å². The number of hydrogen-bond acceptors (Lipinski definition) is 4. The first-order valence-electron chi connectivity index (χ1n) is 6.72. The zero-order valence-electron chi connectivity index (χ0n) is 12.1. The number of nitrogens with two attached hydrogens (primary N) is 1. The Morgan fingerprint density at radius 2 is 1.43 bits per heavy atom. The zero-order valence-corrected chi connectivity index (χ0v) is 12.1. The normalized spacial score (nSPS) is 9.96. The van der Waals surface area contributed by atoms with Gasteiger partial charge in [-0.15, -0.1) is 0 Å². The van der Waals surface area contributed by atoms with Crippen LogP contribution in [0.25, 0.3) is 0 Å². The Morgan fingerprint density at radius 1 is 0.913 bits per heavy atom. The minimum atomic E-state index is -0.569. The van der Waals surface area contributed by atoms with Gasteiger partial charge in [0.25, 0.3) is 11.8 Å². The number of anilines is 1. The van der Waals surface area contributed by atoms with Gasteiger partial charge in [-0.3, -0.25) is 9.59 Å². The molecule has 0 atom stereocenters. The van der Waals surface area contributed by atoms with Gasteiger partial charge in [0, 0.05) is 5.69 Å². The van der Waals surface area contributed by atoms with Gasteiger partial charge in [-0.25, -0.2) is 4.39 Å². The highest BCUT2D eigenvalue weighted by atomic mass is 19.1. The van der Waals surface area contributed by atoms with Crippen molar-refractivity contribution in [3.8, 4) is 11.5 Å². The molecule has 2 aromatic rings. The van der Waals surface area contributed by atoms with Gasteiger partial charge in [-0.2, -0.15) is 0 Å². The molecule has 120 valence electrons.